The Kier molecular flexibility index (Phi) is 7.23. The van der Waals surface area contributed by atoms with E-state index in [0.717, 1.165) is 11.3 Å². The maximum Gasteiger partial charge on any atom is 0.227 e. The summed E-state index contributed by atoms with van der Waals surface area (Å²) in [4.78, 5) is 8.44. The molecular formula is C37H23F4N3O. The summed E-state index contributed by atoms with van der Waals surface area (Å²) < 4.78 is 61.0. The molecule has 45 heavy (non-hydrogen) atoms. The number of fused-ring (bicyclic) bond motifs is 1. The summed E-state index contributed by atoms with van der Waals surface area (Å²) in [5.74, 6) is -1.04. The predicted octanol–water partition coefficient (Wildman–Crippen LogP) is 11.0. The van der Waals surface area contributed by atoms with E-state index in [-0.39, 0.29) is 23.3 Å². The Morgan fingerprint density at radius 2 is 0.733 bits per heavy atom. The average Bonchev–Trinajstić information content (AvgIpc) is 3.49. The molecule has 0 unspecified atom stereocenters. The first-order valence-corrected chi connectivity index (χ1v) is 14.0. The highest BCUT2D eigenvalue weighted by atomic mass is 19.1. The van der Waals surface area contributed by atoms with E-state index in [9.17, 15) is 17.6 Å². The second-order valence-electron chi connectivity index (χ2n) is 10.3. The lowest BCUT2D eigenvalue weighted by atomic mass is 10.1. The second-order valence-corrected chi connectivity index (χ2v) is 10.3. The average molecular weight is 602 g/mol. The number of benzene rings is 6. The first-order chi connectivity index (χ1) is 21.9. The van der Waals surface area contributed by atoms with Crippen molar-refractivity contribution in [1.82, 2.24) is 4.98 Å². The van der Waals surface area contributed by atoms with Crippen LogP contribution in [0, 0.1) is 23.3 Å². The van der Waals surface area contributed by atoms with Crippen LogP contribution in [0.25, 0.3) is 22.6 Å². The van der Waals surface area contributed by atoms with Crippen molar-refractivity contribution in [3.8, 4) is 11.5 Å². The summed E-state index contributed by atoms with van der Waals surface area (Å²) in [5.41, 5.74) is 6.15. The largest absolute Gasteiger partial charge is 0.436 e. The molecule has 0 aliphatic rings. The molecule has 8 heteroatoms. The molecule has 7 aromatic rings. The number of aromatic nitrogens is 1. The number of hydrogen-bond acceptors (Lipinski definition) is 4. The summed E-state index contributed by atoms with van der Waals surface area (Å²) in [7, 11) is 0. The van der Waals surface area contributed by atoms with Crippen LogP contribution >= 0.6 is 0 Å². The zero-order valence-corrected chi connectivity index (χ0v) is 23.5. The number of anilines is 6. The summed E-state index contributed by atoms with van der Waals surface area (Å²) in [6.07, 6.45) is 0. The lowest BCUT2D eigenvalue weighted by Gasteiger charge is -2.25. The normalized spacial score (nSPS) is 11.1. The molecule has 0 spiro atoms. The lowest BCUT2D eigenvalue weighted by Crippen LogP contribution is -2.09. The monoisotopic (exact) mass is 601 g/mol. The smallest absolute Gasteiger partial charge is 0.227 e. The van der Waals surface area contributed by atoms with Crippen LogP contribution in [0.1, 0.15) is 0 Å². The van der Waals surface area contributed by atoms with Crippen molar-refractivity contribution in [2.45, 2.75) is 0 Å². The molecule has 0 amide bonds. The van der Waals surface area contributed by atoms with Gasteiger partial charge in [0.05, 0.1) is 0 Å². The van der Waals surface area contributed by atoms with Gasteiger partial charge in [-0.05, 0) is 133 Å². The quantitative estimate of drug-likeness (QED) is 0.170. The lowest BCUT2D eigenvalue weighted by molar-refractivity contribution is 0.619. The van der Waals surface area contributed by atoms with E-state index in [4.69, 9.17) is 4.42 Å². The Balaban J connectivity index is 1.23. The van der Waals surface area contributed by atoms with Gasteiger partial charge in [0.25, 0.3) is 0 Å². The van der Waals surface area contributed by atoms with E-state index in [1.807, 2.05) is 52.3 Å². The highest BCUT2D eigenvalue weighted by molar-refractivity contribution is 5.85. The number of hydrogen-bond donors (Lipinski definition) is 0. The Bertz CT molecular complexity index is 1990. The van der Waals surface area contributed by atoms with Gasteiger partial charge in [-0.25, -0.2) is 22.5 Å². The van der Waals surface area contributed by atoms with Crippen molar-refractivity contribution in [3.05, 3.63) is 163 Å². The Labute approximate surface area is 256 Å². The predicted molar refractivity (Wildman–Crippen MR) is 169 cm³/mol. The minimum absolute atomic E-state index is 0.356. The van der Waals surface area contributed by atoms with E-state index in [2.05, 4.69) is 4.98 Å². The zero-order chi connectivity index (χ0) is 30.9. The highest BCUT2D eigenvalue weighted by Gasteiger charge is 2.17. The van der Waals surface area contributed by atoms with Gasteiger partial charge in [-0.2, -0.15) is 0 Å². The molecule has 220 valence electrons. The molecule has 7 rings (SSSR count). The van der Waals surface area contributed by atoms with E-state index in [1.54, 1.807) is 48.5 Å². The fourth-order valence-electron chi connectivity index (χ4n) is 5.18. The molecule has 0 bridgehead atoms. The van der Waals surface area contributed by atoms with Crippen molar-refractivity contribution >= 4 is 45.2 Å². The third kappa shape index (κ3) is 5.73. The Morgan fingerprint density at radius 1 is 0.400 bits per heavy atom. The highest BCUT2D eigenvalue weighted by Crippen LogP contribution is 2.38. The van der Waals surface area contributed by atoms with Gasteiger partial charge in [-0.3, -0.25) is 0 Å². The van der Waals surface area contributed by atoms with Crippen molar-refractivity contribution < 1.29 is 22.0 Å². The van der Waals surface area contributed by atoms with Crippen molar-refractivity contribution in [1.29, 1.82) is 0 Å². The minimum Gasteiger partial charge on any atom is -0.436 e. The molecule has 0 N–H and O–H groups in total. The van der Waals surface area contributed by atoms with Gasteiger partial charge < -0.3 is 14.2 Å². The van der Waals surface area contributed by atoms with Gasteiger partial charge in [0.15, 0.2) is 5.58 Å². The fraction of sp³-hybridized carbons (Fsp3) is 0. The van der Waals surface area contributed by atoms with Gasteiger partial charge in [-0.1, -0.05) is 0 Å². The molecule has 0 aliphatic heterocycles. The molecule has 6 aromatic carbocycles. The van der Waals surface area contributed by atoms with Gasteiger partial charge in [0.2, 0.25) is 5.89 Å². The van der Waals surface area contributed by atoms with Gasteiger partial charge in [-0.15, -0.1) is 0 Å². The van der Waals surface area contributed by atoms with Crippen LogP contribution in [-0.4, -0.2) is 4.98 Å². The first kappa shape index (κ1) is 27.9. The van der Waals surface area contributed by atoms with Crippen LogP contribution < -0.4 is 9.80 Å². The number of nitrogens with zero attached hydrogens (tertiary/aromatic N) is 3. The molecule has 4 nitrogen and oxygen atoms in total. The van der Waals surface area contributed by atoms with Crippen LogP contribution in [-0.2, 0) is 0 Å². The summed E-state index contributed by atoms with van der Waals surface area (Å²) in [6.45, 7) is 0. The third-order valence-corrected chi connectivity index (χ3v) is 7.34. The topological polar surface area (TPSA) is 32.5 Å². The van der Waals surface area contributed by atoms with Gasteiger partial charge in [0, 0.05) is 45.8 Å². The molecule has 0 saturated carbocycles. The first-order valence-electron chi connectivity index (χ1n) is 14.0. The van der Waals surface area contributed by atoms with Crippen LogP contribution in [0.15, 0.2) is 144 Å². The maximum absolute atomic E-state index is 13.7. The van der Waals surface area contributed by atoms with Crippen LogP contribution in [0.5, 0.6) is 0 Å². The molecule has 0 aliphatic carbocycles. The van der Waals surface area contributed by atoms with Crippen LogP contribution in [0.3, 0.4) is 0 Å². The van der Waals surface area contributed by atoms with E-state index in [1.165, 1.54) is 48.5 Å². The maximum atomic E-state index is 13.7. The number of rotatable bonds is 7. The molecular weight excluding hydrogens is 578 g/mol. The summed E-state index contributed by atoms with van der Waals surface area (Å²) in [5, 5.41) is 0. The zero-order valence-electron chi connectivity index (χ0n) is 23.5. The van der Waals surface area contributed by atoms with E-state index >= 15 is 0 Å². The number of halogens is 4. The molecule has 0 fully saturated rings. The molecule has 1 heterocycles. The van der Waals surface area contributed by atoms with Crippen molar-refractivity contribution in [2.24, 2.45) is 0 Å². The summed E-state index contributed by atoms with van der Waals surface area (Å²) in [6, 6.07) is 37.2. The molecule has 0 radical (unpaired) electrons. The van der Waals surface area contributed by atoms with Gasteiger partial charge in [0.1, 0.15) is 28.8 Å². The van der Waals surface area contributed by atoms with Crippen LogP contribution in [0.4, 0.5) is 51.7 Å². The van der Waals surface area contributed by atoms with Crippen molar-refractivity contribution in [3.63, 3.8) is 0 Å². The second kappa shape index (κ2) is 11.7. The summed E-state index contributed by atoms with van der Waals surface area (Å²) >= 11 is 0. The molecule has 0 atom stereocenters. The number of oxazole rings is 1. The Morgan fingerprint density at radius 3 is 1.13 bits per heavy atom. The van der Waals surface area contributed by atoms with E-state index in [0.29, 0.717) is 45.4 Å². The molecule has 1 aromatic heterocycles. The standard InChI is InChI=1S/C37H23F4N3O/c38-25-3-13-30(14-4-25)43(31-15-5-26(39)6-16-31)29-11-1-24(2-12-29)37-42-35-22-21-34(23-36(35)45-37)44(32-17-7-27(40)8-18-32)33-19-9-28(41)10-20-33/h1-23H. The van der Waals surface area contributed by atoms with E-state index < -0.39 is 0 Å². The molecule has 0 saturated heterocycles. The minimum atomic E-state index is -0.363. The van der Waals surface area contributed by atoms with Crippen molar-refractivity contribution in [2.75, 3.05) is 9.80 Å². The fourth-order valence-corrected chi connectivity index (χ4v) is 5.18. The van der Waals surface area contributed by atoms with Crippen LogP contribution in [0.2, 0.25) is 0 Å². The van der Waals surface area contributed by atoms with Gasteiger partial charge >= 0.3 is 0 Å². The third-order valence-electron chi connectivity index (χ3n) is 7.34. The SMILES string of the molecule is Fc1ccc(N(c2ccc(F)cc2)c2ccc(-c3nc4ccc(N(c5ccc(F)cc5)c5ccc(F)cc5)cc4o3)cc2)cc1. The Hall–Kier alpha value is -5.89.